The number of aromatic nitrogens is 5. The summed E-state index contributed by atoms with van der Waals surface area (Å²) in [5.41, 5.74) is 0.802. The van der Waals surface area contributed by atoms with E-state index in [-0.39, 0.29) is 16.9 Å². The number of aromatic amines is 1. The number of nitriles is 1. The summed E-state index contributed by atoms with van der Waals surface area (Å²) >= 11 is 0. The molecular formula is C15H9N7O2. The summed E-state index contributed by atoms with van der Waals surface area (Å²) in [4.78, 5) is 34.0. The van der Waals surface area contributed by atoms with Gasteiger partial charge in [-0.3, -0.25) is 4.79 Å². The van der Waals surface area contributed by atoms with Crippen LogP contribution in [-0.4, -0.2) is 49.0 Å². The highest BCUT2D eigenvalue weighted by atomic mass is 16.2. The molecule has 24 heavy (non-hydrogen) atoms. The van der Waals surface area contributed by atoms with Gasteiger partial charge >= 0.3 is 6.03 Å². The molecule has 1 aromatic carbocycles. The second-order valence-corrected chi connectivity index (χ2v) is 5.83. The number of rotatable bonds is 0. The summed E-state index contributed by atoms with van der Waals surface area (Å²) in [7, 11) is 0. The maximum absolute atomic E-state index is 12.8. The predicted octanol–water partition coefficient (Wildman–Crippen LogP) is 0.682. The van der Waals surface area contributed by atoms with Crippen molar-refractivity contribution < 1.29 is 4.79 Å². The zero-order valence-corrected chi connectivity index (χ0v) is 12.2. The highest BCUT2D eigenvalue weighted by Crippen LogP contribution is 2.28. The minimum absolute atomic E-state index is 0.147. The lowest BCUT2D eigenvalue weighted by atomic mass is 10.0. The van der Waals surface area contributed by atoms with E-state index in [2.05, 4.69) is 26.3 Å². The van der Waals surface area contributed by atoms with Crippen LogP contribution in [0.25, 0.3) is 32.8 Å². The number of nitrogens with zero attached hydrogens (tertiary/aromatic N) is 6. The van der Waals surface area contributed by atoms with Crippen molar-refractivity contribution in [3.05, 3.63) is 28.7 Å². The highest BCUT2D eigenvalue weighted by Gasteiger charge is 2.33. The van der Waals surface area contributed by atoms with Gasteiger partial charge < -0.3 is 9.88 Å². The Morgan fingerprint density at radius 2 is 2.21 bits per heavy atom. The van der Waals surface area contributed by atoms with E-state index in [0.29, 0.717) is 35.0 Å². The van der Waals surface area contributed by atoms with Gasteiger partial charge in [0, 0.05) is 36.3 Å². The van der Waals surface area contributed by atoms with Crippen LogP contribution in [0.1, 0.15) is 0 Å². The molecule has 9 nitrogen and oxygen atoms in total. The third-order valence-electron chi connectivity index (χ3n) is 4.47. The molecule has 0 atom stereocenters. The summed E-state index contributed by atoms with van der Waals surface area (Å²) in [6, 6.07) is 3.46. The van der Waals surface area contributed by atoms with Crippen LogP contribution in [0.15, 0.2) is 23.3 Å². The predicted molar refractivity (Wildman–Crippen MR) is 83.6 cm³/mol. The van der Waals surface area contributed by atoms with E-state index in [1.165, 1.54) is 11.1 Å². The first-order valence-corrected chi connectivity index (χ1v) is 7.35. The summed E-state index contributed by atoms with van der Waals surface area (Å²) < 4.78 is 1.03. The number of likely N-dealkylation sites (tertiary alicyclic amines) is 1. The summed E-state index contributed by atoms with van der Waals surface area (Å²) in [6.07, 6.45) is 3.20. The number of nitrogens with one attached hydrogen (secondary N) is 1. The van der Waals surface area contributed by atoms with E-state index in [1.807, 2.05) is 0 Å². The Morgan fingerprint density at radius 1 is 1.38 bits per heavy atom. The van der Waals surface area contributed by atoms with Gasteiger partial charge in [-0.2, -0.15) is 9.94 Å². The minimum Gasteiger partial charge on any atom is -0.346 e. The molecule has 1 N–H and O–H groups in total. The third kappa shape index (κ3) is 1.44. The lowest BCUT2D eigenvalue weighted by Gasteiger charge is -2.34. The molecule has 5 rings (SSSR count). The second-order valence-electron chi connectivity index (χ2n) is 5.83. The number of H-pyrrole nitrogens is 1. The SMILES string of the molecule is N#CC1CN(C(=O)n2nnc3c4cc[nH]c5ncc(c(=O)c32)c54)C1. The van der Waals surface area contributed by atoms with Gasteiger partial charge in [-0.15, -0.1) is 5.10 Å². The standard InChI is InChI=1S/C15H9N7O2/c16-3-7-5-21(6-7)15(24)22-12-11(19-20-22)8-1-2-17-14-10(8)9(4-18-14)13(12)23/h1-2,4,7H,5-6H2,(H,17,18). The van der Waals surface area contributed by atoms with Crippen molar-refractivity contribution in [1.29, 1.82) is 5.26 Å². The lowest BCUT2D eigenvalue weighted by Crippen LogP contribution is -2.51. The molecule has 3 aromatic heterocycles. The van der Waals surface area contributed by atoms with Crippen molar-refractivity contribution >= 4 is 38.9 Å². The van der Waals surface area contributed by atoms with Crippen LogP contribution in [0.3, 0.4) is 0 Å². The van der Waals surface area contributed by atoms with Gasteiger partial charge in [-0.25, -0.2) is 9.78 Å². The fourth-order valence-corrected chi connectivity index (χ4v) is 3.20. The molecule has 1 fully saturated rings. The van der Waals surface area contributed by atoms with Crippen LogP contribution in [0, 0.1) is 17.2 Å². The average Bonchev–Trinajstić information content (AvgIpc) is 3.17. The number of hydrogen-bond acceptors (Lipinski definition) is 6. The number of carbonyl (C=O) groups excluding carboxylic acids is 1. The van der Waals surface area contributed by atoms with Gasteiger partial charge in [0.05, 0.1) is 17.4 Å². The van der Waals surface area contributed by atoms with Crippen molar-refractivity contribution in [1.82, 2.24) is 29.9 Å². The largest absolute Gasteiger partial charge is 0.346 e. The van der Waals surface area contributed by atoms with E-state index in [1.54, 1.807) is 12.3 Å². The molecule has 1 aliphatic heterocycles. The molecule has 1 aliphatic rings. The third-order valence-corrected chi connectivity index (χ3v) is 4.47. The summed E-state index contributed by atoms with van der Waals surface area (Å²) in [5.74, 6) is -0.167. The normalized spacial score (nSPS) is 15.2. The van der Waals surface area contributed by atoms with E-state index < -0.39 is 6.03 Å². The second kappa shape index (κ2) is 4.26. The van der Waals surface area contributed by atoms with Gasteiger partial charge in [0.25, 0.3) is 0 Å². The zero-order valence-electron chi connectivity index (χ0n) is 12.2. The van der Waals surface area contributed by atoms with Crippen LogP contribution >= 0.6 is 0 Å². The molecule has 9 heteroatoms. The Labute approximate surface area is 133 Å². The smallest absolute Gasteiger partial charge is 0.346 e. The van der Waals surface area contributed by atoms with E-state index >= 15 is 0 Å². The van der Waals surface area contributed by atoms with E-state index in [9.17, 15) is 9.59 Å². The first-order chi connectivity index (χ1) is 11.7. The molecular weight excluding hydrogens is 310 g/mol. The molecule has 0 bridgehead atoms. The van der Waals surface area contributed by atoms with Gasteiger partial charge in [0.1, 0.15) is 16.7 Å². The molecule has 1 saturated heterocycles. The van der Waals surface area contributed by atoms with Gasteiger partial charge in [0.15, 0.2) is 0 Å². The van der Waals surface area contributed by atoms with Crippen LogP contribution in [0.4, 0.5) is 4.79 Å². The monoisotopic (exact) mass is 319 g/mol. The fourth-order valence-electron chi connectivity index (χ4n) is 3.20. The maximum atomic E-state index is 12.8. The molecule has 0 radical (unpaired) electrons. The van der Waals surface area contributed by atoms with Crippen molar-refractivity contribution in [2.45, 2.75) is 0 Å². The number of carbonyl (C=O) groups is 1. The topological polar surface area (TPSA) is 121 Å². The molecule has 1 amide bonds. The van der Waals surface area contributed by atoms with Crippen molar-refractivity contribution in [3.63, 3.8) is 0 Å². The number of hydrogen-bond donors (Lipinski definition) is 1. The summed E-state index contributed by atoms with van der Waals surface area (Å²) in [5, 5.41) is 18.6. The quantitative estimate of drug-likeness (QED) is 0.509. The Balaban J connectivity index is 1.78. The fraction of sp³-hybridized carbons (Fsp3) is 0.200. The van der Waals surface area contributed by atoms with Gasteiger partial charge in [0.2, 0.25) is 5.43 Å². The average molecular weight is 319 g/mol. The molecule has 116 valence electrons. The lowest BCUT2D eigenvalue weighted by molar-refractivity contribution is 0.143. The first-order valence-electron chi connectivity index (χ1n) is 7.35. The van der Waals surface area contributed by atoms with E-state index in [0.717, 1.165) is 10.1 Å². The molecule has 4 heterocycles. The summed E-state index contributed by atoms with van der Waals surface area (Å²) in [6.45, 7) is 0.678. The van der Waals surface area contributed by atoms with Gasteiger partial charge in [-0.05, 0) is 6.07 Å². The Hall–Kier alpha value is -3.54. The van der Waals surface area contributed by atoms with Crippen molar-refractivity contribution in [2.75, 3.05) is 13.1 Å². The number of amides is 1. The molecule has 0 spiro atoms. The first kappa shape index (κ1) is 13.0. The highest BCUT2D eigenvalue weighted by molar-refractivity contribution is 6.18. The number of pyridine rings is 1. The zero-order chi connectivity index (χ0) is 16.4. The van der Waals surface area contributed by atoms with Crippen LogP contribution in [0.5, 0.6) is 0 Å². The van der Waals surface area contributed by atoms with Gasteiger partial charge in [-0.1, -0.05) is 5.21 Å². The van der Waals surface area contributed by atoms with Crippen molar-refractivity contribution in [3.8, 4) is 6.07 Å². The minimum atomic E-state index is -0.440. The number of benzene rings is 1. The van der Waals surface area contributed by atoms with Crippen LogP contribution < -0.4 is 5.43 Å². The van der Waals surface area contributed by atoms with E-state index in [4.69, 9.17) is 5.26 Å². The molecule has 0 aliphatic carbocycles. The molecule has 0 unspecified atom stereocenters. The molecule has 0 saturated carbocycles. The maximum Gasteiger partial charge on any atom is 0.346 e. The Bertz CT molecular complexity index is 1230. The molecule has 4 aromatic rings. The van der Waals surface area contributed by atoms with Crippen LogP contribution in [0.2, 0.25) is 0 Å². The Morgan fingerprint density at radius 3 is 3.00 bits per heavy atom. The number of fused-ring (bicyclic) bond motifs is 2. The van der Waals surface area contributed by atoms with Crippen molar-refractivity contribution in [2.24, 2.45) is 5.92 Å². The Kier molecular flexibility index (Phi) is 2.30. The van der Waals surface area contributed by atoms with Crippen LogP contribution in [-0.2, 0) is 0 Å².